The lowest BCUT2D eigenvalue weighted by Crippen LogP contribution is -2.47. The number of piperidine rings is 1. The molecule has 48 heavy (non-hydrogen) atoms. The number of rotatable bonds is 8. The standard InChI is InChI=1S/C35H44ClN7O5/c1-34(2,3)48-33(45)37-20-24-5-7-25(8-6-24)31-29-30(39-40(31)4)32(44)43(23-38-29)22-35(46)11-13-41(14-12-35)21-26-9-10-27(19-28(26)36)42-15-17-47-18-16-42/h5-10,19,23,46H,11-18,20-22H2,1-4H3,(H,37,45). The molecule has 2 fully saturated rings. The Morgan fingerprint density at radius 2 is 1.77 bits per heavy atom. The van der Waals surface area contributed by atoms with Gasteiger partial charge in [-0.3, -0.25) is 18.9 Å². The van der Waals surface area contributed by atoms with E-state index in [1.807, 2.05) is 51.1 Å². The smallest absolute Gasteiger partial charge is 0.407 e. The van der Waals surface area contributed by atoms with Crippen molar-refractivity contribution in [3.63, 3.8) is 0 Å². The molecule has 0 aliphatic carbocycles. The fourth-order valence-corrected chi connectivity index (χ4v) is 6.56. The molecule has 0 radical (unpaired) electrons. The molecule has 0 atom stereocenters. The van der Waals surface area contributed by atoms with Crippen LogP contribution in [0.4, 0.5) is 10.5 Å². The molecule has 0 unspecified atom stereocenters. The van der Waals surface area contributed by atoms with Gasteiger partial charge in [0.2, 0.25) is 0 Å². The van der Waals surface area contributed by atoms with Crippen LogP contribution in [-0.4, -0.2) is 86.0 Å². The van der Waals surface area contributed by atoms with Gasteiger partial charge in [-0.05, 0) is 56.9 Å². The van der Waals surface area contributed by atoms with Crippen molar-refractivity contribution in [2.45, 2.75) is 64.4 Å². The number of hydrogen-bond acceptors (Lipinski definition) is 9. The predicted octanol–water partition coefficient (Wildman–Crippen LogP) is 4.34. The zero-order valence-corrected chi connectivity index (χ0v) is 28.8. The first kappa shape index (κ1) is 33.9. The number of aliphatic hydroxyl groups is 1. The van der Waals surface area contributed by atoms with E-state index in [2.05, 4.69) is 37.3 Å². The van der Waals surface area contributed by atoms with Crippen LogP contribution in [-0.2, 0) is 36.2 Å². The van der Waals surface area contributed by atoms with Gasteiger partial charge in [-0.25, -0.2) is 9.78 Å². The maximum absolute atomic E-state index is 13.6. The van der Waals surface area contributed by atoms with E-state index in [4.69, 9.17) is 21.1 Å². The highest BCUT2D eigenvalue weighted by Crippen LogP contribution is 2.30. The van der Waals surface area contributed by atoms with Gasteiger partial charge in [-0.2, -0.15) is 5.10 Å². The Labute approximate surface area is 285 Å². The minimum atomic E-state index is -1.04. The molecular formula is C35H44ClN7O5. The number of nitrogens with one attached hydrogen (secondary N) is 1. The first-order valence-electron chi connectivity index (χ1n) is 16.4. The molecule has 0 spiro atoms. The van der Waals surface area contributed by atoms with E-state index in [1.165, 1.54) is 10.9 Å². The van der Waals surface area contributed by atoms with Crippen molar-refractivity contribution < 1.29 is 19.4 Å². The van der Waals surface area contributed by atoms with Crippen molar-refractivity contribution in [1.29, 1.82) is 0 Å². The molecule has 2 aromatic carbocycles. The summed E-state index contributed by atoms with van der Waals surface area (Å²) in [5.41, 5.74) is 3.47. The lowest BCUT2D eigenvalue weighted by Gasteiger charge is -2.38. The zero-order valence-electron chi connectivity index (χ0n) is 28.0. The van der Waals surface area contributed by atoms with E-state index >= 15 is 0 Å². The van der Waals surface area contributed by atoms with E-state index in [0.29, 0.717) is 50.2 Å². The number of morpholine rings is 1. The Balaban J connectivity index is 1.08. The van der Waals surface area contributed by atoms with Crippen molar-refractivity contribution in [2.75, 3.05) is 44.3 Å². The number of anilines is 1. The summed E-state index contributed by atoms with van der Waals surface area (Å²) < 4.78 is 13.9. The van der Waals surface area contributed by atoms with Gasteiger partial charge in [-0.1, -0.05) is 41.9 Å². The fraction of sp³-hybridized carbons (Fsp3) is 0.486. The zero-order chi connectivity index (χ0) is 34.1. The topological polar surface area (TPSA) is 127 Å². The molecule has 0 saturated carbocycles. The number of amides is 1. The third-order valence-electron chi connectivity index (χ3n) is 8.93. The number of fused-ring (bicyclic) bond motifs is 1. The first-order chi connectivity index (χ1) is 22.9. The molecule has 0 bridgehead atoms. The number of aryl methyl sites for hydroxylation is 1. The molecule has 2 N–H and O–H groups in total. The van der Waals surface area contributed by atoms with Crippen LogP contribution < -0.4 is 15.8 Å². The normalized spacial score (nSPS) is 17.1. The molecule has 2 aromatic heterocycles. The molecular weight excluding hydrogens is 634 g/mol. The second kappa shape index (κ2) is 13.9. The van der Waals surface area contributed by atoms with Crippen LogP contribution >= 0.6 is 11.6 Å². The quantitative estimate of drug-likeness (QED) is 0.280. The number of carbonyl (C=O) groups is 1. The number of benzene rings is 2. The number of likely N-dealkylation sites (tertiary alicyclic amines) is 1. The number of halogens is 1. The average molecular weight is 678 g/mol. The minimum absolute atomic E-state index is 0.142. The second-order valence-electron chi connectivity index (χ2n) is 13.8. The van der Waals surface area contributed by atoms with Gasteiger partial charge in [0.25, 0.3) is 5.56 Å². The molecule has 6 rings (SSSR count). The number of ether oxygens (including phenoxy) is 2. The molecule has 256 valence electrons. The SMILES string of the molecule is Cn1nc2c(=O)n(CC3(O)CCN(Cc4ccc(N5CCOCC5)cc4Cl)CC3)cnc2c1-c1ccc(CNC(=O)OC(C)(C)C)cc1. The minimum Gasteiger partial charge on any atom is -0.444 e. The number of carbonyl (C=O) groups excluding carboxylic acids is 1. The van der Waals surface area contributed by atoms with Crippen LogP contribution in [0.2, 0.25) is 5.02 Å². The lowest BCUT2D eigenvalue weighted by molar-refractivity contribution is -0.0364. The second-order valence-corrected chi connectivity index (χ2v) is 14.2. The van der Waals surface area contributed by atoms with Gasteiger partial charge in [0.05, 0.1) is 37.4 Å². The maximum atomic E-state index is 13.6. The van der Waals surface area contributed by atoms with Crippen LogP contribution in [0.1, 0.15) is 44.7 Å². The van der Waals surface area contributed by atoms with Gasteiger partial charge in [0, 0.05) is 62.6 Å². The van der Waals surface area contributed by atoms with Crippen molar-refractivity contribution in [1.82, 2.24) is 29.5 Å². The number of aromatic nitrogens is 4. The van der Waals surface area contributed by atoms with Gasteiger partial charge in [0.1, 0.15) is 11.1 Å². The monoisotopic (exact) mass is 677 g/mol. The highest BCUT2D eigenvalue weighted by molar-refractivity contribution is 6.31. The summed E-state index contributed by atoms with van der Waals surface area (Å²) in [5, 5.41) is 19.5. The van der Waals surface area contributed by atoms with Gasteiger partial charge >= 0.3 is 6.09 Å². The van der Waals surface area contributed by atoms with Crippen LogP contribution in [0, 0.1) is 0 Å². The van der Waals surface area contributed by atoms with Crippen molar-refractivity contribution in [3.8, 4) is 11.3 Å². The Morgan fingerprint density at radius 3 is 2.44 bits per heavy atom. The van der Waals surface area contributed by atoms with E-state index in [1.54, 1.807) is 11.7 Å². The van der Waals surface area contributed by atoms with Crippen LogP contribution in [0.3, 0.4) is 0 Å². The number of alkyl carbamates (subject to hydrolysis) is 1. The molecule has 13 heteroatoms. The van der Waals surface area contributed by atoms with Crippen LogP contribution in [0.15, 0.2) is 53.6 Å². The Bertz CT molecular complexity index is 1820. The van der Waals surface area contributed by atoms with Crippen molar-refractivity contribution in [3.05, 3.63) is 75.3 Å². The Kier molecular flexibility index (Phi) is 9.80. The first-order valence-corrected chi connectivity index (χ1v) is 16.8. The largest absolute Gasteiger partial charge is 0.444 e. The maximum Gasteiger partial charge on any atom is 0.407 e. The summed E-state index contributed by atoms with van der Waals surface area (Å²) in [4.78, 5) is 34.8. The highest BCUT2D eigenvalue weighted by Gasteiger charge is 2.34. The predicted molar refractivity (Wildman–Crippen MR) is 185 cm³/mol. The highest BCUT2D eigenvalue weighted by atomic mass is 35.5. The Hall–Kier alpha value is -3.97. The van der Waals surface area contributed by atoms with Gasteiger partial charge in [-0.15, -0.1) is 0 Å². The Morgan fingerprint density at radius 1 is 1.06 bits per heavy atom. The molecule has 2 aliphatic heterocycles. The molecule has 4 aromatic rings. The lowest BCUT2D eigenvalue weighted by atomic mass is 9.91. The third-order valence-corrected chi connectivity index (χ3v) is 9.29. The van der Waals surface area contributed by atoms with E-state index in [0.717, 1.165) is 53.7 Å². The van der Waals surface area contributed by atoms with Crippen LogP contribution in [0.5, 0.6) is 0 Å². The molecule has 2 aliphatic rings. The number of nitrogens with zero attached hydrogens (tertiary/aromatic N) is 6. The van der Waals surface area contributed by atoms with E-state index < -0.39 is 17.3 Å². The summed E-state index contributed by atoms with van der Waals surface area (Å²) in [7, 11) is 1.78. The van der Waals surface area contributed by atoms with Crippen LogP contribution in [0.25, 0.3) is 22.3 Å². The summed E-state index contributed by atoms with van der Waals surface area (Å²) in [5.74, 6) is 0. The molecule has 2 saturated heterocycles. The number of hydrogen-bond donors (Lipinski definition) is 2. The summed E-state index contributed by atoms with van der Waals surface area (Å²) >= 11 is 6.69. The fourth-order valence-electron chi connectivity index (χ4n) is 6.33. The molecule has 1 amide bonds. The molecule has 4 heterocycles. The summed E-state index contributed by atoms with van der Waals surface area (Å²) in [6, 6.07) is 13.9. The summed E-state index contributed by atoms with van der Waals surface area (Å²) in [6.07, 6.45) is 2.07. The van der Waals surface area contributed by atoms with Gasteiger partial charge < -0.3 is 24.8 Å². The summed E-state index contributed by atoms with van der Waals surface area (Å²) in [6.45, 7) is 11.1. The van der Waals surface area contributed by atoms with Crippen molar-refractivity contribution in [2.24, 2.45) is 7.05 Å². The van der Waals surface area contributed by atoms with E-state index in [-0.39, 0.29) is 17.6 Å². The third kappa shape index (κ3) is 7.84. The van der Waals surface area contributed by atoms with Crippen molar-refractivity contribution >= 4 is 34.4 Å². The van der Waals surface area contributed by atoms with Gasteiger partial charge in [0.15, 0.2) is 5.52 Å². The van der Waals surface area contributed by atoms with E-state index in [9.17, 15) is 14.7 Å². The molecule has 12 nitrogen and oxygen atoms in total. The average Bonchev–Trinajstić information content (AvgIpc) is 3.40.